The maximum absolute atomic E-state index is 13.0. The highest BCUT2D eigenvalue weighted by Gasteiger charge is 2.55. The molecular formula is C19H25ClN2O3. The van der Waals surface area contributed by atoms with Gasteiger partial charge >= 0.3 is 6.03 Å². The van der Waals surface area contributed by atoms with Gasteiger partial charge in [-0.2, -0.15) is 0 Å². The minimum atomic E-state index is -0.761. The highest BCUT2D eigenvalue weighted by Crippen LogP contribution is 2.46. The summed E-state index contributed by atoms with van der Waals surface area (Å²) in [6.07, 6.45) is 2.44. The van der Waals surface area contributed by atoms with E-state index in [2.05, 4.69) is 26.1 Å². The molecule has 0 unspecified atom stereocenters. The van der Waals surface area contributed by atoms with E-state index in [0.717, 1.165) is 6.42 Å². The average molecular weight is 365 g/mol. The van der Waals surface area contributed by atoms with E-state index in [1.165, 1.54) is 4.90 Å². The first-order chi connectivity index (χ1) is 11.7. The van der Waals surface area contributed by atoms with Crippen LogP contribution in [0.2, 0.25) is 5.02 Å². The Balaban J connectivity index is 1.66. The van der Waals surface area contributed by atoms with E-state index < -0.39 is 5.54 Å². The molecule has 2 aliphatic rings. The van der Waals surface area contributed by atoms with Crippen molar-refractivity contribution in [3.63, 3.8) is 0 Å². The molecule has 3 rings (SSSR count). The summed E-state index contributed by atoms with van der Waals surface area (Å²) in [5, 5.41) is 3.48. The van der Waals surface area contributed by atoms with Gasteiger partial charge in [-0.25, -0.2) is 4.79 Å². The van der Waals surface area contributed by atoms with Crippen molar-refractivity contribution in [2.75, 3.05) is 13.2 Å². The maximum Gasteiger partial charge on any atom is 0.325 e. The van der Waals surface area contributed by atoms with Gasteiger partial charge in [0.15, 0.2) is 0 Å². The standard InChI is InChI=1S/C19H25ClN2O3/c1-13-10-18(2,3)12-19(11-13)16(23)22(17(24)21-19)8-9-25-15-7-5-4-6-14(15)20/h4-7,13H,8-12H2,1-3H3,(H,21,24)/t13-,19-/m0/s1. The Bertz CT molecular complexity index is 691. The molecule has 1 aliphatic carbocycles. The molecule has 1 saturated carbocycles. The highest BCUT2D eigenvalue weighted by molar-refractivity contribution is 6.32. The predicted octanol–water partition coefficient (Wildman–Crippen LogP) is 3.86. The van der Waals surface area contributed by atoms with E-state index >= 15 is 0 Å². The lowest BCUT2D eigenvalue weighted by Crippen LogP contribution is -2.54. The number of nitrogens with one attached hydrogen (secondary N) is 1. The van der Waals surface area contributed by atoms with Gasteiger partial charge < -0.3 is 10.1 Å². The molecule has 2 fully saturated rings. The Morgan fingerprint density at radius 2 is 2.00 bits per heavy atom. The number of amides is 3. The number of hydrogen-bond donors (Lipinski definition) is 1. The number of urea groups is 1. The van der Waals surface area contributed by atoms with E-state index in [1.54, 1.807) is 12.1 Å². The molecule has 1 saturated heterocycles. The van der Waals surface area contributed by atoms with Crippen LogP contribution >= 0.6 is 11.6 Å². The quantitative estimate of drug-likeness (QED) is 0.825. The van der Waals surface area contributed by atoms with Gasteiger partial charge in [0.25, 0.3) is 5.91 Å². The van der Waals surface area contributed by atoms with Crippen molar-refractivity contribution in [2.45, 2.75) is 45.6 Å². The monoisotopic (exact) mass is 364 g/mol. The molecule has 3 amide bonds. The SMILES string of the molecule is C[C@H]1CC(C)(C)C[C@]2(C1)NC(=O)N(CCOc1ccccc1Cl)C2=O. The van der Waals surface area contributed by atoms with Crippen LogP contribution in [0.15, 0.2) is 24.3 Å². The van der Waals surface area contributed by atoms with Crippen LogP contribution in [0.25, 0.3) is 0 Å². The number of halogens is 1. The van der Waals surface area contributed by atoms with Gasteiger partial charge in [0, 0.05) is 0 Å². The molecule has 0 radical (unpaired) electrons. The van der Waals surface area contributed by atoms with Crippen LogP contribution in [0.1, 0.15) is 40.0 Å². The molecule has 1 N–H and O–H groups in total. The molecule has 2 atom stereocenters. The maximum atomic E-state index is 13.0. The van der Waals surface area contributed by atoms with Crippen molar-refractivity contribution in [3.8, 4) is 5.75 Å². The third kappa shape index (κ3) is 3.61. The van der Waals surface area contributed by atoms with Crippen molar-refractivity contribution < 1.29 is 14.3 Å². The molecule has 1 aliphatic heterocycles. The van der Waals surface area contributed by atoms with E-state index in [1.807, 2.05) is 12.1 Å². The normalized spacial score (nSPS) is 28.3. The number of carbonyl (C=O) groups is 2. The van der Waals surface area contributed by atoms with E-state index in [0.29, 0.717) is 29.5 Å². The van der Waals surface area contributed by atoms with Gasteiger partial charge in [0.1, 0.15) is 17.9 Å². The number of benzene rings is 1. The van der Waals surface area contributed by atoms with E-state index in [9.17, 15) is 9.59 Å². The minimum absolute atomic E-state index is 0.0324. The number of imide groups is 1. The van der Waals surface area contributed by atoms with Gasteiger partial charge in [0.05, 0.1) is 11.6 Å². The largest absolute Gasteiger partial charge is 0.490 e. The summed E-state index contributed by atoms with van der Waals surface area (Å²) in [6.45, 7) is 6.90. The Morgan fingerprint density at radius 1 is 1.28 bits per heavy atom. The zero-order valence-corrected chi connectivity index (χ0v) is 15.7. The first-order valence-electron chi connectivity index (χ1n) is 8.74. The van der Waals surface area contributed by atoms with Crippen LogP contribution in [0, 0.1) is 11.3 Å². The Hall–Kier alpha value is -1.75. The van der Waals surface area contributed by atoms with Gasteiger partial charge in [0.2, 0.25) is 0 Å². The molecule has 1 aromatic rings. The summed E-state index contributed by atoms with van der Waals surface area (Å²) in [7, 11) is 0. The van der Waals surface area contributed by atoms with Crippen molar-refractivity contribution in [2.24, 2.45) is 11.3 Å². The number of hydrogen-bond acceptors (Lipinski definition) is 3. The lowest BCUT2D eigenvalue weighted by molar-refractivity contribution is -0.135. The Morgan fingerprint density at radius 3 is 2.68 bits per heavy atom. The number of nitrogens with zero attached hydrogens (tertiary/aromatic N) is 1. The van der Waals surface area contributed by atoms with Crippen LogP contribution in [-0.2, 0) is 4.79 Å². The molecular weight excluding hydrogens is 340 g/mol. The van der Waals surface area contributed by atoms with Gasteiger partial charge in [-0.05, 0) is 42.7 Å². The first-order valence-corrected chi connectivity index (χ1v) is 9.12. The molecule has 136 valence electrons. The molecule has 25 heavy (non-hydrogen) atoms. The second-order valence-corrected chi connectivity index (χ2v) is 8.51. The second-order valence-electron chi connectivity index (χ2n) is 8.10. The fourth-order valence-electron chi connectivity index (χ4n) is 4.52. The van der Waals surface area contributed by atoms with Crippen LogP contribution < -0.4 is 10.1 Å². The number of para-hydroxylation sites is 1. The number of rotatable bonds is 4. The lowest BCUT2D eigenvalue weighted by Gasteiger charge is -2.43. The van der Waals surface area contributed by atoms with Crippen LogP contribution in [0.5, 0.6) is 5.75 Å². The second kappa shape index (κ2) is 6.52. The third-order valence-corrected chi connectivity index (χ3v) is 5.35. The van der Waals surface area contributed by atoms with Crippen LogP contribution in [-0.4, -0.2) is 35.5 Å². The first kappa shape index (κ1) is 18.1. The summed E-state index contributed by atoms with van der Waals surface area (Å²) in [5.74, 6) is 0.825. The fraction of sp³-hybridized carbons (Fsp3) is 0.579. The van der Waals surface area contributed by atoms with Crippen molar-refractivity contribution in [3.05, 3.63) is 29.3 Å². The zero-order chi connectivity index (χ0) is 18.2. The van der Waals surface area contributed by atoms with Crippen LogP contribution in [0.4, 0.5) is 4.79 Å². The smallest absolute Gasteiger partial charge is 0.325 e. The zero-order valence-electron chi connectivity index (χ0n) is 15.0. The van der Waals surface area contributed by atoms with Gasteiger partial charge in [-0.1, -0.05) is 44.5 Å². The fourth-order valence-corrected chi connectivity index (χ4v) is 4.71. The minimum Gasteiger partial charge on any atom is -0.490 e. The van der Waals surface area contributed by atoms with Gasteiger partial charge in [-0.3, -0.25) is 9.69 Å². The molecule has 0 aromatic heterocycles. The summed E-state index contributed by atoms with van der Waals surface area (Å²) in [4.78, 5) is 26.7. The molecule has 1 heterocycles. The summed E-state index contributed by atoms with van der Waals surface area (Å²) in [6, 6.07) is 6.84. The van der Waals surface area contributed by atoms with Crippen LogP contribution in [0.3, 0.4) is 0 Å². The van der Waals surface area contributed by atoms with E-state index in [4.69, 9.17) is 16.3 Å². The molecule has 5 nitrogen and oxygen atoms in total. The van der Waals surface area contributed by atoms with Crippen molar-refractivity contribution in [1.29, 1.82) is 0 Å². The van der Waals surface area contributed by atoms with Crippen molar-refractivity contribution >= 4 is 23.5 Å². The average Bonchev–Trinajstić information content (AvgIpc) is 2.70. The number of ether oxygens (including phenoxy) is 1. The molecule has 1 aromatic carbocycles. The van der Waals surface area contributed by atoms with E-state index in [-0.39, 0.29) is 30.5 Å². The summed E-state index contributed by atoms with van der Waals surface area (Å²) < 4.78 is 5.63. The molecule has 1 spiro atoms. The predicted molar refractivity (Wildman–Crippen MR) is 96.7 cm³/mol. The topological polar surface area (TPSA) is 58.6 Å². The highest BCUT2D eigenvalue weighted by atomic mass is 35.5. The Labute approximate surface area is 153 Å². The molecule has 0 bridgehead atoms. The van der Waals surface area contributed by atoms with Crippen molar-refractivity contribution in [1.82, 2.24) is 10.2 Å². The lowest BCUT2D eigenvalue weighted by atomic mass is 9.64. The Kier molecular flexibility index (Phi) is 4.71. The summed E-state index contributed by atoms with van der Waals surface area (Å²) >= 11 is 6.06. The van der Waals surface area contributed by atoms with Gasteiger partial charge in [-0.15, -0.1) is 0 Å². The molecule has 6 heteroatoms. The third-order valence-electron chi connectivity index (χ3n) is 5.03. The summed E-state index contributed by atoms with van der Waals surface area (Å²) in [5.41, 5.74) is -0.729. The number of carbonyl (C=O) groups excluding carboxylic acids is 2.